The molecule has 1 rings (SSSR count). The van der Waals surface area contributed by atoms with Crippen molar-refractivity contribution in [2.24, 2.45) is 0 Å². The molecule has 1 atom stereocenters. The zero-order valence-corrected chi connectivity index (χ0v) is 5.19. The van der Waals surface area contributed by atoms with Gasteiger partial charge in [-0.25, -0.2) is 0 Å². The van der Waals surface area contributed by atoms with Crippen molar-refractivity contribution in [1.82, 2.24) is 5.32 Å². The minimum atomic E-state index is 0.615. The summed E-state index contributed by atoms with van der Waals surface area (Å²) in [6.45, 7) is 1.17. The average molecular weight is 109 g/mol. The highest BCUT2D eigenvalue weighted by atomic mass is 14.9. The predicted octanol–water partition coefficient (Wildman–Crippen LogP) is 0.715. The van der Waals surface area contributed by atoms with E-state index in [0.29, 0.717) is 6.04 Å². The molecule has 1 N–H and O–H groups in total. The molecule has 1 nitrogen and oxygen atoms in total. The molecule has 1 saturated heterocycles. The van der Waals surface area contributed by atoms with Gasteiger partial charge in [-0.2, -0.15) is 0 Å². The van der Waals surface area contributed by atoms with Crippen LogP contribution in [-0.2, 0) is 0 Å². The van der Waals surface area contributed by atoms with Gasteiger partial charge < -0.3 is 5.32 Å². The van der Waals surface area contributed by atoms with E-state index in [1.807, 2.05) is 0 Å². The fourth-order valence-corrected chi connectivity index (χ4v) is 1.13. The lowest BCUT2D eigenvalue weighted by Gasteiger charge is -2.21. The summed E-state index contributed by atoms with van der Waals surface area (Å²) in [5.74, 6) is 0. The highest BCUT2D eigenvalue weighted by molar-refractivity contribution is 6.08. The maximum Gasteiger partial charge on any atom is 0.0674 e. The zero-order chi connectivity index (χ0) is 5.82. The number of rotatable bonds is 1. The van der Waals surface area contributed by atoms with E-state index < -0.39 is 0 Å². The summed E-state index contributed by atoms with van der Waals surface area (Å²) in [5, 5.41) is 3.34. The first-order chi connectivity index (χ1) is 3.93. The van der Waals surface area contributed by atoms with Crippen molar-refractivity contribution in [3.05, 3.63) is 0 Å². The molecule has 0 saturated carbocycles. The average Bonchev–Trinajstić information content (AvgIpc) is 1.90. The van der Waals surface area contributed by atoms with Crippen LogP contribution in [-0.4, -0.2) is 20.4 Å². The molecule has 0 amide bonds. The largest absolute Gasteiger partial charge is 0.315 e. The van der Waals surface area contributed by atoms with E-state index in [4.69, 9.17) is 7.85 Å². The summed E-state index contributed by atoms with van der Waals surface area (Å²) in [5.41, 5.74) is 0. The monoisotopic (exact) mass is 109 g/mol. The maximum atomic E-state index is 5.44. The Bertz CT molecular complexity index is 59.5. The molecule has 1 unspecified atom stereocenters. The molecule has 1 fully saturated rings. The van der Waals surface area contributed by atoms with Gasteiger partial charge >= 0.3 is 0 Å². The van der Waals surface area contributed by atoms with E-state index in [2.05, 4.69) is 5.32 Å². The lowest BCUT2D eigenvalue weighted by molar-refractivity contribution is 0.425. The predicted molar refractivity (Wildman–Crippen MR) is 36.2 cm³/mol. The first-order valence-electron chi connectivity index (χ1n) is 3.37. The third kappa shape index (κ3) is 1.51. The highest BCUT2D eigenvalue weighted by Crippen LogP contribution is 2.07. The van der Waals surface area contributed by atoms with Gasteiger partial charge in [-0.05, 0) is 25.4 Å². The Morgan fingerprint density at radius 1 is 1.50 bits per heavy atom. The molecule has 1 heterocycles. The van der Waals surface area contributed by atoms with Crippen molar-refractivity contribution >= 4 is 7.85 Å². The van der Waals surface area contributed by atoms with E-state index in [0.717, 1.165) is 6.32 Å². The van der Waals surface area contributed by atoms with Crippen molar-refractivity contribution in [2.75, 3.05) is 6.54 Å². The Kier molecular flexibility index (Phi) is 2.41. The van der Waals surface area contributed by atoms with Crippen LogP contribution in [0.5, 0.6) is 0 Å². The lowest BCUT2D eigenvalue weighted by atomic mass is 9.91. The molecule has 8 heavy (non-hydrogen) atoms. The van der Waals surface area contributed by atoms with Crippen molar-refractivity contribution in [2.45, 2.75) is 31.6 Å². The number of piperidine rings is 1. The van der Waals surface area contributed by atoms with Crippen molar-refractivity contribution in [3.8, 4) is 0 Å². The Labute approximate surface area is 52.3 Å². The summed E-state index contributed by atoms with van der Waals surface area (Å²) in [4.78, 5) is 0. The van der Waals surface area contributed by atoms with Gasteiger partial charge in [0.05, 0.1) is 7.85 Å². The second-order valence-corrected chi connectivity index (χ2v) is 2.38. The van der Waals surface area contributed by atoms with Crippen LogP contribution >= 0.6 is 0 Å². The van der Waals surface area contributed by atoms with Gasteiger partial charge in [-0.3, -0.25) is 0 Å². The number of hydrogen-bond donors (Lipinski definition) is 1. The second kappa shape index (κ2) is 3.13. The summed E-state index contributed by atoms with van der Waals surface area (Å²) >= 11 is 0. The van der Waals surface area contributed by atoms with Gasteiger partial charge in [0.1, 0.15) is 0 Å². The molecule has 0 aromatic rings. The maximum absolute atomic E-state index is 5.44. The summed E-state index contributed by atoms with van der Waals surface area (Å²) in [6.07, 6.45) is 4.77. The molecule has 0 aromatic carbocycles. The fraction of sp³-hybridized carbons (Fsp3) is 1.00. The first-order valence-corrected chi connectivity index (χ1v) is 3.37. The molecule has 1 aliphatic heterocycles. The quantitative estimate of drug-likeness (QED) is 0.489. The molecule has 2 heteroatoms. The Morgan fingerprint density at radius 2 is 2.38 bits per heavy atom. The lowest BCUT2D eigenvalue weighted by Crippen LogP contribution is -2.33. The molecular weight excluding hydrogens is 96.9 g/mol. The van der Waals surface area contributed by atoms with Gasteiger partial charge in [-0.15, -0.1) is 0 Å². The molecule has 44 valence electrons. The van der Waals surface area contributed by atoms with Gasteiger partial charge in [0.2, 0.25) is 0 Å². The Morgan fingerprint density at radius 3 is 2.75 bits per heavy atom. The Balaban J connectivity index is 2.13. The summed E-state index contributed by atoms with van der Waals surface area (Å²) in [6, 6.07) is 0.615. The van der Waals surface area contributed by atoms with Gasteiger partial charge in [0, 0.05) is 0 Å². The van der Waals surface area contributed by atoms with Crippen molar-refractivity contribution < 1.29 is 0 Å². The van der Waals surface area contributed by atoms with Gasteiger partial charge in [-0.1, -0.05) is 12.7 Å². The van der Waals surface area contributed by atoms with E-state index in [-0.39, 0.29) is 0 Å². The van der Waals surface area contributed by atoms with Crippen LogP contribution in [0.2, 0.25) is 6.32 Å². The summed E-state index contributed by atoms with van der Waals surface area (Å²) in [7, 11) is 5.44. The first kappa shape index (κ1) is 6.15. The minimum Gasteiger partial charge on any atom is -0.315 e. The molecular formula is C6H12BN. The van der Waals surface area contributed by atoms with Crippen LogP contribution in [0.4, 0.5) is 0 Å². The third-order valence-corrected chi connectivity index (χ3v) is 1.70. The molecule has 0 spiro atoms. The van der Waals surface area contributed by atoms with Crippen molar-refractivity contribution in [3.63, 3.8) is 0 Å². The van der Waals surface area contributed by atoms with E-state index in [1.54, 1.807) is 0 Å². The van der Waals surface area contributed by atoms with Crippen LogP contribution in [0.3, 0.4) is 0 Å². The van der Waals surface area contributed by atoms with Crippen LogP contribution in [0, 0.1) is 0 Å². The third-order valence-electron chi connectivity index (χ3n) is 1.70. The highest BCUT2D eigenvalue weighted by Gasteiger charge is 2.07. The summed E-state index contributed by atoms with van der Waals surface area (Å²) < 4.78 is 0. The second-order valence-electron chi connectivity index (χ2n) is 2.38. The molecule has 2 radical (unpaired) electrons. The zero-order valence-electron chi connectivity index (χ0n) is 5.19. The van der Waals surface area contributed by atoms with Crippen LogP contribution in [0.1, 0.15) is 19.3 Å². The molecule has 0 aromatic heterocycles. The van der Waals surface area contributed by atoms with Crippen LogP contribution in [0.25, 0.3) is 0 Å². The van der Waals surface area contributed by atoms with E-state index >= 15 is 0 Å². The number of hydrogen-bond acceptors (Lipinski definition) is 1. The standard InChI is InChI=1S/C6H12BN/c7-5-6-3-1-2-4-8-6/h6,8H,1-5H2. The normalized spacial score (nSPS) is 30.2. The fourth-order valence-electron chi connectivity index (χ4n) is 1.13. The van der Waals surface area contributed by atoms with Crippen molar-refractivity contribution in [1.29, 1.82) is 0 Å². The Hall–Kier alpha value is 0.0249. The smallest absolute Gasteiger partial charge is 0.0674 e. The molecule has 0 aliphatic carbocycles. The van der Waals surface area contributed by atoms with Crippen LogP contribution in [0.15, 0.2) is 0 Å². The molecule has 1 aliphatic rings. The number of nitrogens with one attached hydrogen (secondary N) is 1. The SMILES string of the molecule is [B]CC1CCCCN1. The van der Waals surface area contributed by atoms with Gasteiger partial charge in [0.25, 0.3) is 0 Å². The van der Waals surface area contributed by atoms with Gasteiger partial charge in [0.15, 0.2) is 0 Å². The van der Waals surface area contributed by atoms with E-state index in [1.165, 1.54) is 25.8 Å². The topological polar surface area (TPSA) is 12.0 Å². The van der Waals surface area contributed by atoms with Crippen LogP contribution < -0.4 is 5.32 Å². The molecule has 0 bridgehead atoms. The minimum absolute atomic E-state index is 0.615. The van der Waals surface area contributed by atoms with E-state index in [9.17, 15) is 0 Å².